The summed E-state index contributed by atoms with van der Waals surface area (Å²) in [4.78, 5) is 11.6. The summed E-state index contributed by atoms with van der Waals surface area (Å²) in [5, 5.41) is 2.59. The van der Waals surface area contributed by atoms with Crippen molar-refractivity contribution < 1.29 is 13.2 Å². The van der Waals surface area contributed by atoms with Crippen molar-refractivity contribution in [3.63, 3.8) is 0 Å². The molecule has 0 saturated carbocycles. The van der Waals surface area contributed by atoms with Crippen molar-refractivity contribution in [3.05, 3.63) is 28.7 Å². The second-order valence-electron chi connectivity index (χ2n) is 3.64. The third-order valence-corrected chi connectivity index (χ3v) is 4.21. The second-order valence-corrected chi connectivity index (χ2v) is 6.46. The summed E-state index contributed by atoms with van der Waals surface area (Å²) in [5.74, 6) is -0.438. The van der Waals surface area contributed by atoms with Gasteiger partial charge in [-0.1, -0.05) is 12.1 Å². The molecule has 0 aliphatic heterocycles. The third kappa shape index (κ3) is 4.37. The molecule has 1 aromatic carbocycles. The van der Waals surface area contributed by atoms with Gasteiger partial charge < -0.3 is 5.32 Å². The fraction of sp³-hybridized carbons (Fsp3) is 0.300. The Bertz CT molecular complexity index is 531. The van der Waals surface area contributed by atoms with Gasteiger partial charge in [0.05, 0.1) is 12.2 Å². The molecule has 2 N–H and O–H groups in total. The van der Waals surface area contributed by atoms with Gasteiger partial charge in [0, 0.05) is 18.6 Å². The van der Waals surface area contributed by atoms with Crippen LogP contribution in [0, 0.1) is 0 Å². The third-order valence-electron chi connectivity index (χ3n) is 2.04. The smallest absolute Gasteiger partial charge is 0.279 e. The maximum absolute atomic E-state index is 11.6. The summed E-state index contributed by atoms with van der Waals surface area (Å²) in [7, 11) is -0.819. The molecule has 1 amide bonds. The summed E-state index contributed by atoms with van der Waals surface area (Å²) in [6, 6.07) is 7.07. The number of nitrogens with zero attached hydrogens (tertiary/aromatic N) is 1. The van der Waals surface area contributed by atoms with Gasteiger partial charge in [-0.05, 0) is 28.1 Å². The molecule has 1 rings (SSSR count). The van der Waals surface area contributed by atoms with Crippen LogP contribution in [0.3, 0.4) is 0 Å². The lowest BCUT2D eigenvalue weighted by Gasteiger charge is -2.12. The molecule has 0 heterocycles. The highest BCUT2D eigenvalue weighted by Crippen LogP contribution is 2.20. The molecular weight excluding hydrogens is 322 g/mol. The van der Waals surface area contributed by atoms with Gasteiger partial charge in [0.1, 0.15) is 0 Å². The van der Waals surface area contributed by atoms with Crippen molar-refractivity contribution in [2.45, 2.75) is 0 Å². The maximum atomic E-state index is 11.6. The molecular formula is C10H14BrN3O3S. The average molecular weight is 336 g/mol. The van der Waals surface area contributed by atoms with Gasteiger partial charge in [0.2, 0.25) is 5.91 Å². The summed E-state index contributed by atoms with van der Waals surface area (Å²) in [6.45, 7) is -0.318. The predicted molar refractivity (Wildman–Crippen MR) is 73.4 cm³/mol. The Morgan fingerprint density at radius 2 is 1.94 bits per heavy atom. The Hall–Kier alpha value is -0.960. The average Bonchev–Trinajstić information content (AvgIpc) is 2.29. The fourth-order valence-corrected chi connectivity index (χ4v) is 2.00. The monoisotopic (exact) mass is 335 g/mol. The van der Waals surface area contributed by atoms with Crippen molar-refractivity contribution in [2.24, 2.45) is 0 Å². The van der Waals surface area contributed by atoms with Crippen LogP contribution in [0.4, 0.5) is 5.69 Å². The van der Waals surface area contributed by atoms with Crippen LogP contribution in [-0.2, 0) is 15.0 Å². The van der Waals surface area contributed by atoms with Gasteiger partial charge in [-0.25, -0.2) is 0 Å². The highest BCUT2D eigenvalue weighted by Gasteiger charge is 2.14. The number of hydrogen-bond donors (Lipinski definition) is 2. The van der Waals surface area contributed by atoms with Crippen molar-refractivity contribution in [1.82, 2.24) is 9.03 Å². The lowest BCUT2D eigenvalue weighted by atomic mass is 10.3. The molecule has 0 unspecified atom stereocenters. The largest absolute Gasteiger partial charge is 0.324 e. The predicted octanol–water partition coefficient (Wildman–Crippen LogP) is 0.784. The fourth-order valence-electron chi connectivity index (χ4n) is 1.04. The van der Waals surface area contributed by atoms with Crippen molar-refractivity contribution in [3.8, 4) is 0 Å². The van der Waals surface area contributed by atoms with Crippen LogP contribution in [0.15, 0.2) is 28.7 Å². The Kier molecular flexibility index (Phi) is 5.27. The summed E-state index contributed by atoms with van der Waals surface area (Å²) in [5.41, 5.74) is 0.589. The van der Waals surface area contributed by atoms with E-state index < -0.39 is 16.1 Å². The highest BCUT2D eigenvalue weighted by molar-refractivity contribution is 9.10. The Labute approximate surface area is 115 Å². The van der Waals surface area contributed by atoms with Crippen molar-refractivity contribution >= 4 is 37.7 Å². The van der Waals surface area contributed by atoms with Gasteiger partial charge in [-0.3, -0.25) is 4.79 Å². The molecule has 0 radical (unpaired) electrons. The molecule has 0 spiro atoms. The molecule has 8 heteroatoms. The molecule has 6 nitrogen and oxygen atoms in total. The molecule has 0 aromatic heterocycles. The van der Waals surface area contributed by atoms with Gasteiger partial charge >= 0.3 is 0 Å². The Morgan fingerprint density at radius 1 is 1.33 bits per heavy atom. The molecule has 0 saturated heterocycles. The zero-order valence-corrected chi connectivity index (χ0v) is 12.4. The van der Waals surface area contributed by atoms with Gasteiger partial charge in [-0.15, -0.1) is 0 Å². The van der Waals surface area contributed by atoms with E-state index in [1.807, 2.05) is 6.07 Å². The number of rotatable bonds is 5. The first-order valence-corrected chi connectivity index (χ1v) is 7.28. The zero-order valence-electron chi connectivity index (χ0n) is 9.97. The molecule has 18 heavy (non-hydrogen) atoms. The van der Waals surface area contributed by atoms with E-state index in [4.69, 9.17) is 0 Å². The first kappa shape index (κ1) is 15.1. The van der Waals surface area contributed by atoms with Crippen LogP contribution in [-0.4, -0.2) is 39.3 Å². The summed E-state index contributed by atoms with van der Waals surface area (Å²) < 4.78 is 26.7. The lowest BCUT2D eigenvalue weighted by Crippen LogP contribution is -2.40. The number of hydrogen-bond acceptors (Lipinski definition) is 3. The minimum atomic E-state index is -3.58. The van der Waals surface area contributed by atoms with E-state index in [9.17, 15) is 13.2 Å². The minimum absolute atomic E-state index is 0.318. The Morgan fingerprint density at radius 3 is 2.50 bits per heavy atom. The number of carbonyl (C=O) groups excluding carboxylic acids is 1. The standard InChI is InChI=1S/C10H14BrN3O3S/c1-14(2)18(16,17)12-7-10(15)13-9-6-4-3-5-8(9)11/h3-6,12H,7H2,1-2H3,(H,13,15). The van der Waals surface area contributed by atoms with Crippen molar-refractivity contribution in [2.75, 3.05) is 26.0 Å². The summed E-state index contributed by atoms with van der Waals surface area (Å²) in [6.07, 6.45) is 0. The van der Waals surface area contributed by atoms with E-state index >= 15 is 0 Å². The van der Waals surface area contributed by atoms with E-state index in [1.54, 1.807) is 18.2 Å². The number of nitrogens with one attached hydrogen (secondary N) is 2. The van der Waals surface area contributed by atoms with E-state index in [0.717, 1.165) is 8.78 Å². The number of benzene rings is 1. The summed E-state index contributed by atoms with van der Waals surface area (Å²) >= 11 is 3.28. The normalized spacial score (nSPS) is 11.6. The van der Waals surface area contributed by atoms with Crippen LogP contribution in [0.1, 0.15) is 0 Å². The maximum Gasteiger partial charge on any atom is 0.279 e. The van der Waals surface area contributed by atoms with Gasteiger partial charge in [0.15, 0.2) is 0 Å². The zero-order chi connectivity index (χ0) is 13.8. The lowest BCUT2D eigenvalue weighted by molar-refractivity contribution is -0.115. The van der Waals surface area contributed by atoms with E-state index in [1.165, 1.54) is 14.1 Å². The van der Waals surface area contributed by atoms with E-state index in [-0.39, 0.29) is 6.54 Å². The first-order valence-electron chi connectivity index (χ1n) is 5.04. The molecule has 0 fully saturated rings. The molecule has 0 aliphatic rings. The number of amides is 1. The van der Waals surface area contributed by atoms with Gasteiger partial charge in [0.25, 0.3) is 10.2 Å². The van der Waals surface area contributed by atoms with Crippen LogP contribution in [0.25, 0.3) is 0 Å². The van der Waals surface area contributed by atoms with Crippen LogP contribution < -0.4 is 10.0 Å². The highest BCUT2D eigenvalue weighted by atomic mass is 79.9. The van der Waals surface area contributed by atoms with Gasteiger partial charge in [-0.2, -0.15) is 17.4 Å². The number of para-hydroxylation sites is 1. The van der Waals surface area contributed by atoms with Crippen molar-refractivity contribution in [1.29, 1.82) is 0 Å². The van der Waals surface area contributed by atoms with E-state index in [0.29, 0.717) is 5.69 Å². The SMILES string of the molecule is CN(C)S(=O)(=O)NCC(=O)Nc1ccccc1Br. The first-order chi connectivity index (χ1) is 8.33. The number of anilines is 1. The number of halogens is 1. The van der Waals surface area contributed by atoms with E-state index in [2.05, 4.69) is 26.0 Å². The molecule has 1 aromatic rings. The van der Waals surface area contributed by atoms with Crippen LogP contribution >= 0.6 is 15.9 Å². The van der Waals surface area contributed by atoms with Crippen LogP contribution in [0.2, 0.25) is 0 Å². The minimum Gasteiger partial charge on any atom is -0.324 e. The Balaban J connectivity index is 2.56. The molecule has 100 valence electrons. The second kappa shape index (κ2) is 6.28. The quantitative estimate of drug-likeness (QED) is 0.834. The molecule has 0 aliphatic carbocycles. The van der Waals surface area contributed by atoms with Crippen LogP contribution in [0.5, 0.6) is 0 Å². The number of carbonyl (C=O) groups is 1. The molecule has 0 atom stereocenters. The molecule has 0 bridgehead atoms. The topological polar surface area (TPSA) is 78.5 Å².